The molecule has 0 heterocycles. The molecule has 0 bridgehead atoms. The van der Waals surface area contributed by atoms with Crippen LogP contribution in [0, 0.1) is 20.8 Å². The molecular formula is C30H37N3O4S. The van der Waals surface area contributed by atoms with Crippen molar-refractivity contribution in [3.8, 4) is 0 Å². The fourth-order valence-electron chi connectivity index (χ4n) is 4.18. The molecule has 1 unspecified atom stereocenters. The van der Waals surface area contributed by atoms with E-state index in [1.807, 2.05) is 71.0 Å². The number of aryl methyl sites for hydroxylation is 3. The van der Waals surface area contributed by atoms with Crippen LogP contribution in [0.1, 0.15) is 42.5 Å². The Morgan fingerprint density at radius 3 is 1.79 bits per heavy atom. The Balaban J connectivity index is 2.04. The zero-order chi connectivity index (χ0) is 27.9. The maximum atomic E-state index is 13.9. The topological polar surface area (TPSA) is 86.8 Å². The van der Waals surface area contributed by atoms with Crippen LogP contribution in [-0.2, 0) is 26.2 Å². The van der Waals surface area contributed by atoms with Crippen LogP contribution in [0.15, 0.2) is 77.7 Å². The van der Waals surface area contributed by atoms with Gasteiger partial charge in [0.15, 0.2) is 0 Å². The van der Waals surface area contributed by atoms with E-state index in [0.29, 0.717) is 18.7 Å². The highest BCUT2D eigenvalue weighted by atomic mass is 32.2. The number of benzene rings is 3. The fourth-order valence-corrected chi connectivity index (χ4v) is 5.59. The summed E-state index contributed by atoms with van der Waals surface area (Å²) < 4.78 is 28.8. The van der Waals surface area contributed by atoms with E-state index < -0.39 is 28.5 Å². The molecule has 3 aromatic carbocycles. The minimum atomic E-state index is -4.07. The minimum Gasteiger partial charge on any atom is -0.355 e. The monoisotopic (exact) mass is 535 g/mol. The van der Waals surface area contributed by atoms with Gasteiger partial charge >= 0.3 is 0 Å². The zero-order valence-corrected chi connectivity index (χ0v) is 23.6. The summed E-state index contributed by atoms with van der Waals surface area (Å²) in [5.41, 5.74) is 4.22. The smallest absolute Gasteiger partial charge is 0.264 e. The molecule has 8 heteroatoms. The molecule has 1 atom stereocenters. The highest BCUT2D eigenvalue weighted by molar-refractivity contribution is 7.92. The number of rotatable bonds is 11. The SMILES string of the molecule is CCNC(=O)C(CC)N(Cc1ccc(C)cc1)C(=O)CN(c1ccc(C)cc1)S(=O)(=O)c1ccc(C)cc1. The standard InChI is InChI=1S/C30H37N3O4S/c1-6-28(30(35)31-7-2)32(20-25-14-8-22(3)9-15-25)29(34)21-33(26-16-10-23(4)11-17-26)38(36,37)27-18-12-24(5)13-19-27/h8-19,28H,6-7,20-21H2,1-5H3,(H,31,35). The van der Waals surface area contributed by atoms with Crippen molar-refractivity contribution < 1.29 is 18.0 Å². The molecule has 7 nitrogen and oxygen atoms in total. The quantitative estimate of drug-likeness (QED) is 0.384. The second kappa shape index (κ2) is 12.7. The molecule has 2 amide bonds. The van der Waals surface area contributed by atoms with Crippen molar-refractivity contribution in [2.75, 3.05) is 17.4 Å². The maximum Gasteiger partial charge on any atom is 0.264 e. The van der Waals surface area contributed by atoms with E-state index >= 15 is 0 Å². The third kappa shape index (κ3) is 7.01. The lowest BCUT2D eigenvalue weighted by atomic mass is 10.1. The van der Waals surface area contributed by atoms with Crippen molar-refractivity contribution in [3.63, 3.8) is 0 Å². The molecule has 0 spiro atoms. The van der Waals surface area contributed by atoms with Crippen LogP contribution >= 0.6 is 0 Å². The van der Waals surface area contributed by atoms with Gasteiger partial charge < -0.3 is 10.2 Å². The number of carbonyl (C=O) groups is 2. The summed E-state index contributed by atoms with van der Waals surface area (Å²) in [7, 11) is -4.07. The van der Waals surface area contributed by atoms with Crippen molar-refractivity contribution in [3.05, 3.63) is 95.1 Å². The Labute approximate surface area is 226 Å². The number of nitrogens with zero attached hydrogens (tertiary/aromatic N) is 2. The zero-order valence-electron chi connectivity index (χ0n) is 22.8. The van der Waals surface area contributed by atoms with Gasteiger partial charge in [0, 0.05) is 13.1 Å². The third-order valence-corrected chi connectivity index (χ3v) is 8.21. The maximum absolute atomic E-state index is 13.9. The van der Waals surface area contributed by atoms with Crippen molar-refractivity contribution in [2.45, 2.75) is 58.5 Å². The summed E-state index contributed by atoms with van der Waals surface area (Å²) in [6, 6.07) is 20.6. The van der Waals surface area contributed by atoms with Crippen molar-refractivity contribution >= 4 is 27.5 Å². The molecule has 0 aliphatic heterocycles. The molecule has 0 saturated carbocycles. The summed E-state index contributed by atoms with van der Waals surface area (Å²) in [6.45, 7) is 9.61. The summed E-state index contributed by atoms with van der Waals surface area (Å²) in [5.74, 6) is -0.723. The number of sulfonamides is 1. The molecule has 202 valence electrons. The summed E-state index contributed by atoms with van der Waals surface area (Å²) >= 11 is 0. The number of hydrogen-bond donors (Lipinski definition) is 1. The molecule has 3 aromatic rings. The number of carbonyl (C=O) groups excluding carboxylic acids is 2. The largest absolute Gasteiger partial charge is 0.355 e. The lowest BCUT2D eigenvalue weighted by molar-refractivity contribution is -0.140. The number of anilines is 1. The molecule has 38 heavy (non-hydrogen) atoms. The van der Waals surface area contributed by atoms with Gasteiger partial charge in [-0.2, -0.15) is 0 Å². The van der Waals surface area contributed by atoms with Crippen LogP contribution in [0.5, 0.6) is 0 Å². The van der Waals surface area contributed by atoms with Crippen molar-refractivity contribution in [1.29, 1.82) is 0 Å². The van der Waals surface area contributed by atoms with Gasteiger partial charge in [0.1, 0.15) is 12.6 Å². The number of amides is 2. The van der Waals surface area contributed by atoms with Gasteiger partial charge in [-0.1, -0.05) is 72.1 Å². The van der Waals surface area contributed by atoms with Gasteiger partial charge in [0.2, 0.25) is 11.8 Å². The van der Waals surface area contributed by atoms with Gasteiger partial charge in [-0.25, -0.2) is 8.42 Å². The van der Waals surface area contributed by atoms with Gasteiger partial charge in [0.25, 0.3) is 10.0 Å². The van der Waals surface area contributed by atoms with Crippen LogP contribution < -0.4 is 9.62 Å². The second-order valence-corrected chi connectivity index (χ2v) is 11.3. The lowest BCUT2D eigenvalue weighted by Gasteiger charge is -2.33. The number of likely N-dealkylation sites (N-methyl/N-ethyl adjacent to an activating group) is 1. The Bertz CT molecular complexity index is 1340. The molecular weight excluding hydrogens is 498 g/mol. The lowest BCUT2D eigenvalue weighted by Crippen LogP contribution is -2.52. The molecule has 1 N–H and O–H groups in total. The molecule has 0 radical (unpaired) electrons. The predicted molar refractivity (Wildman–Crippen MR) is 151 cm³/mol. The van der Waals surface area contributed by atoms with Crippen molar-refractivity contribution in [2.24, 2.45) is 0 Å². The first kappa shape index (κ1) is 28.9. The van der Waals surface area contributed by atoms with E-state index in [1.54, 1.807) is 36.4 Å². The van der Waals surface area contributed by atoms with Crippen LogP contribution in [0.25, 0.3) is 0 Å². The van der Waals surface area contributed by atoms with Gasteiger partial charge in [-0.05, 0) is 63.9 Å². The van der Waals surface area contributed by atoms with Crippen LogP contribution in [0.2, 0.25) is 0 Å². The van der Waals surface area contributed by atoms with Crippen LogP contribution in [0.4, 0.5) is 5.69 Å². The highest BCUT2D eigenvalue weighted by Crippen LogP contribution is 2.25. The Morgan fingerprint density at radius 1 is 0.789 bits per heavy atom. The number of nitrogens with one attached hydrogen (secondary N) is 1. The van der Waals surface area contributed by atoms with E-state index in [4.69, 9.17) is 0 Å². The molecule has 0 aromatic heterocycles. The van der Waals surface area contributed by atoms with E-state index in [1.165, 1.54) is 4.90 Å². The third-order valence-electron chi connectivity index (χ3n) is 6.42. The Kier molecular flexibility index (Phi) is 9.69. The van der Waals surface area contributed by atoms with Crippen LogP contribution in [0.3, 0.4) is 0 Å². The van der Waals surface area contributed by atoms with Gasteiger partial charge in [0.05, 0.1) is 10.6 Å². The molecule has 3 rings (SSSR count). The molecule has 0 saturated heterocycles. The average molecular weight is 536 g/mol. The summed E-state index contributed by atoms with van der Waals surface area (Å²) in [5, 5.41) is 2.81. The fraction of sp³-hybridized carbons (Fsp3) is 0.333. The van der Waals surface area contributed by atoms with Gasteiger partial charge in [-0.15, -0.1) is 0 Å². The first-order valence-corrected chi connectivity index (χ1v) is 14.3. The second-order valence-electron chi connectivity index (χ2n) is 9.49. The van der Waals surface area contributed by atoms with Crippen LogP contribution in [-0.4, -0.2) is 44.3 Å². The molecule has 0 aliphatic rings. The first-order valence-electron chi connectivity index (χ1n) is 12.9. The van der Waals surface area contributed by atoms with E-state index in [0.717, 1.165) is 26.6 Å². The average Bonchev–Trinajstić information content (AvgIpc) is 2.89. The molecule has 0 aliphatic carbocycles. The van der Waals surface area contributed by atoms with E-state index in [-0.39, 0.29) is 17.3 Å². The highest BCUT2D eigenvalue weighted by Gasteiger charge is 2.33. The normalized spacial score (nSPS) is 12.0. The van der Waals surface area contributed by atoms with Gasteiger partial charge in [-0.3, -0.25) is 13.9 Å². The minimum absolute atomic E-state index is 0.0947. The first-order chi connectivity index (χ1) is 18.1. The van der Waals surface area contributed by atoms with Crippen molar-refractivity contribution in [1.82, 2.24) is 10.2 Å². The predicted octanol–water partition coefficient (Wildman–Crippen LogP) is 4.75. The Morgan fingerprint density at radius 2 is 1.29 bits per heavy atom. The Hall–Kier alpha value is -3.65. The van der Waals surface area contributed by atoms with E-state index in [9.17, 15) is 18.0 Å². The molecule has 0 fully saturated rings. The van der Waals surface area contributed by atoms with E-state index in [2.05, 4.69) is 5.32 Å². The number of hydrogen-bond acceptors (Lipinski definition) is 4. The summed E-state index contributed by atoms with van der Waals surface area (Å²) in [6.07, 6.45) is 0.388. The summed E-state index contributed by atoms with van der Waals surface area (Å²) in [4.78, 5) is 28.5.